The maximum absolute atomic E-state index is 12.6. The standard InChI is InChI=1S/C26H24N4O4/c1-32-22-13-18(14-23(33-2)25(22)34-3)16-27-30-26(31)19-10-11-20-21(15-19)29-24(28-20)12-9-17-7-5-4-6-8-17/h4-16H,1-3H3,(H,28,29)(H,30,31)/b12-9+,27-16+. The summed E-state index contributed by atoms with van der Waals surface area (Å²) in [5.74, 6) is 1.84. The highest BCUT2D eigenvalue weighted by atomic mass is 16.5. The van der Waals surface area contributed by atoms with Gasteiger partial charge in [-0.2, -0.15) is 5.10 Å². The molecule has 1 heterocycles. The molecule has 0 aliphatic rings. The molecule has 34 heavy (non-hydrogen) atoms. The summed E-state index contributed by atoms with van der Waals surface area (Å²) >= 11 is 0. The fraction of sp³-hybridized carbons (Fsp3) is 0.115. The third-order valence-corrected chi connectivity index (χ3v) is 5.06. The van der Waals surface area contributed by atoms with Crippen LogP contribution in [0.4, 0.5) is 0 Å². The van der Waals surface area contributed by atoms with Gasteiger partial charge < -0.3 is 19.2 Å². The number of carbonyl (C=O) groups is 1. The van der Waals surface area contributed by atoms with E-state index in [9.17, 15) is 4.79 Å². The molecule has 0 spiro atoms. The zero-order valence-electron chi connectivity index (χ0n) is 19.0. The molecule has 0 saturated heterocycles. The van der Waals surface area contributed by atoms with E-state index in [2.05, 4.69) is 20.5 Å². The van der Waals surface area contributed by atoms with Gasteiger partial charge in [0, 0.05) is 11.1 Å². The summed E-state index contributed by atoms with van der Waals surface area (Å²) in [6, 6.07) is 18.7. The van der Waals surface area contributed by atoms with Gasteiger partial charge in [-0.3, -0.25) is 4.79 Å². The van der Waals surface area contributed by atoms with E-state index in [1.165, 1.54) is 27.5 Å². The first-order valence-electron chi connectivity index (χ1n) is 10.5. The number of nitrogens with zero attached hydrogens (tertiary/aromatic N) is 2. The minimum Gasteiger partial charge on any atom is -0.493 e. The summed E-state index contributed by atoms with van der Waals surface area (Å²) in [4.78, 5) is 20.4. The second-order valence-corrected chi connectivity index (χ2v) is 7.26. The quantitative estimate of drug-likeness (QED) is 0.300. The molecule has 2 N–H and O–H groups in total. The van der Waals surface area contributed by atoms with Gasteiger partial charge in [0.15, 0.2) is 11.5 Å². The monoisotopic (exact) mass is 456 g/mol. The van der Waals surface area contributed by atoms with Gasteiger partial charge in [-0.05, 0) is 42.0 Å². The SMILES string of the molecule is COc1cc(/C=N/NC(=O)c2ccc3nc(/C=C/c4ccccc4)[nH]c3c2)cc(OC)c1OC. The summed E-state index contributed by atoms with van der Waals surface area (Å²) in [5, 5.41) is 4.06. The van der Waals surface area contributed by atoms with Crippen LogP contribution in [0.3, 0.4) is 0 Å². The number of carbonyl (C=O) groups excluding carboxylic acids is 1. The molecule has 0 aliphatic heterocycles. The van der Waals surface area contributed by atoms with Crippen molar-refractivity contribution in [1.82, 2.24) is 15.4 Å². The average molecular weight is 457 g/mol. The first-order valence-corrected chi connectivity index (χ1v) is 10.5. The number of hydrogen-bond acceptors (Lipinski definition) is 6. The molecule has 0 aliphatic carbocycles. The van der Waals surface area contributed by atoms with Crippen molar-refractivity contribution in [2.75, 3.05) is 21.3 Å². The Morgan fingerprint density at radius 3 is 2.32 bits per heavy atom. The number of aromatic amines is 1. The molecule has 0 unspecified atom stereocenters. The topological polar surface area (TPSA) is 97.8 Å². The number of ether oxygens (including phenoxy) is 3. The molecule has 0 atom stereocenters. The van der Waals surface area contributed by atoms with Crippen LogP contribution in [0.15, 0.2) is 65.8 Å². The Balaban J connectivity index is 1.47. The van der Waals surface area contributed by atoms with Gasteiger partial charge in [0.1, 0.15) is 5.82 Å². The average Bonchev–Trinajstić information content (AvgIpc) is 3.29. The summed E-state index contributed by atoms with van der Waals surface area (Å²) in [6.07, 6.45) is 5.38. The van der Waals surface area contributed by atoms with Gasteiger partial charge in [0.05, 0.1) is 38.6 Å². The second kappa shape index (κ2) is 10.4. The number of rotatable bonds is 8. The predicted molar refractivity (Wildman–Crippen MR) is 133 cm³/mol. The lowest BCUT2D eigenvalue weighted by Gasteiger charge is -2.12. The van der Waals surface area contributed by atoms with Crippen LogP contribution in [-0.4, -0.2) is 43.4 Å². The van der Waals surface area contributed by atoms with Crippen LogP contribution in [0, 0.1) is 0 Å². The first kappa shape index (κ1) is 22.6. The lowest BCUT2D eigenvalue weighted by atomic mass is 10.2. The second-order valence-electron chi connectivity index (χ2n) is 7.26. The zero-order chi connectivity index (χ0) is 23.9. The summed E-state index contributed by atoms with van der Waals surface area (Å²) in [6.45, 7) is 0. The van der Waals surface area contributed by atoms with Gasteiger partial charge >= 0.3 is 0 Å². The van der Waals surface area contributed by atoms with Crippen LogP contribution < -0.4 is 19.6 Å². The molecule has 0 saturated carbocycles. The minimum absolute atomic E-state index is 0.346. The van der Waals surface area contributed by atoms with Crippen molar-refractivity contribution in [3.63, 3.8) is 0 Å². The molecule has 8 nitrogen and oxygen atoms in total. The number of amides is 1. The lowest BCUT2D eigenvalue weighted by molar-refractivity contribution is 0.0955. The molecule has 172 valence electrons. The molecule has 4 rings (SSSR count). The van der Waals surface area contributed by atoms with E-state index in [0.717, 1.165) is 16.6 Å². The van der Waals surface area contributed by atoms with E-state index < -0.39 is 0 Å². The van der Waals surface area contributed by atoms with Gasteiger partial charge in [0.2, 0.25) is 5.75 Å². The van der Waals surface area contributed by atoms with E-state index in [4.69, 9.17) is 14.2 Å². The van der Waals surface area contributed by atoms with Gasteiger partial charge in [0.25, 0.3) is 5.91 Å². The summed E-state index contributed by atoms with van der Waals surface area (Å²) < 4.78 is 16.0. The zero-order valence-corrected chi connectivity index (χ0v) is 19.0. The van der Waals surface area contributed by atoms with Crippen molar-refractivity contribution in [2.24, 2.45) is 5.10 Å². The van der Waals surface area contributed by atoms with E-state index in [1.807, 2.05) is 42.5 Å². The van der Waals surface area contributed by atoms with Gasteiger partial charge in [-0.25, -0.2) is 10.4 Å². The third-order valence-electron chi connectivity index (χ3n) is 5.06. The van der Waals surface area contributed by atoms with Crippen molar-refractivity contribution < 1.29 is 19.0 Å². The fourth-order valence-electron chi connectivity index (χ4n) is 3.39. The smallest absolute Gasteiger partial charge is 0.271 e. The van der Waals surface area contributed by atoms with Crippen molar-refractivity contribution >= 4 is 35.3 Å². The lowest BCUT2D eigenvalue weighted by Crippen LogP contribution is -2.17. The van der Waals surface area contributed by atoms with Crippen molar-refractivity contribution in [3.05, 3.63) is 83.2 Å². The summed E-state index contributed by atoms with van der Waals surface area (Å²) in [5.41, 5.74) is 6.27. The number of H-pyrrole nitrogens is 1. The highest BCUT2D eigenvalue weighted by Gasteiger charge is 2.12. The molecule has 3 aromatic carbocycles. The maximum atomic E-state index is 12.6. The molecule has 1 amide bonds. The highest BCUT2D eigenvalue weighted by Crippen LogP contribution is 2.37. The molecule has 1 aromatic heterocycles. The number of hydrogen-bond donors (Lipinski definition) is 2. The number of aromatic nitrogens is 2. The number of nitrogens with one attached hydrogen (secondary N) is 2. The largest absolute Gasteiger partial charge is 0.493 e. The van der Waals surface area contributed by atoms with Gasteiger partial charge in [-0.1, -0.05) is 36.4 Å². The van der Waals surface area contributed by atoms with Crippen LogP contribution in [-0.2, 0) is 0 Å². The molecule has 8 heteroatoms. The maximum Gasteiger partial charge on any atom is 0.271 e. The number of imidazole rings is 1. The Hall–Kier alpha value is -4.59. The van der Waals surface area contributed by atoms with Crippen LogP contribution in [0.25, 0.3) is 23.2 Å². The normalized spacial score (nSPS) is 11.3. The van der Waals surface area contributed by atoms with Crippen LogP contribution in [0.1, 0.15) is 27.3 Å². The van der Waals surface area contributed by atoms with Crippen molar-refractivity contribution in [2.45, 2.75) is 0 Å². The van der Waals surface area contributed by atoms with Crippen LogP contribution in [0.5, 0.6) is 17.2 Å². The number of fused-ring (bicyclic) bond motifs is 1. The number of benzene rings is 3. The Morgan fingerprint density at radius 1 is 0.912 bits per heavy atom. The number of methoxy groups -OCH3 is 3. The van der Waals surface area contributed by atoms with Crippen LogP contribution >= 0.6 is 0 Å². The molecular weight excluding hydrogens is 432 g/mol. The Kier molecular flexibility index (Phi) is 6.88. The van der Waals surface area contributed by atoms with Crippen LogP contribution in [0.2, 0.25) is 0 Å². The van der Waals surface area contributed by atoms with Crippen molar-refractivity contribution in [3.8, 4) is 17.2 Å². The molecule has 4 aromatic rings. The Morgan fingerprint density at radius 2 is 1.65 bits per heavy atom. The third kappa shape index (κ3) is 5.07. The van der Waals surface area contributed by atoms with Crippen molar-refractivity contribution in [1.29, 1.82) is 0 Å². The van der Waals surface area contributed by atoms with E-state index in [1.54, 1.807) is 30.3 Å². The molecule has 0 radical (unpaired) electrons. The van der Waals surface area contributed by atoms with E-state index >= 15 is 0 Å². The van der Waals surface area contributed by atoms with Gasteiger partial charge in [-0.15, -0.1) is 0 Å². The molecular formula is C26H24N4O4. The van der Waals surface area contributed by atoms with E-state index in [-0.39, 0.29) is 5.91 Å². The van der Waals surface area contributed by atoms with E-state index in [0.29, 0.717) is 34.2 Å². The molecule has 0 bridgehead atoms. The predicted octanol–water partition coefficient (Wildman–Crippen LogP) is 4.52. The Labute approximate surface area is 196 Å². The highest BCUT2D eigenvalue weighted by molar-refractivity contribution is 5.98. The minimum atomic E-state index is -0.346. The summed E-state index contributed by atoms with van der Waals surface area (Å²) in [7, 11) is 4.61. The first-order chi connectivity index (χ1) is 16.6. The Bertz CT molecular complexity index is 1330. The fourth-order valence-corrected chi connectivity index (χ4v) is 3.39. The molecule has 0 fully saturated rings. The number of hydrazone groups is 1.